The third kappa shape index (κ3) is 6.15. The van der Waals surface area contributed by atoms with Gasteiger partial charge in [-0.3, -0.25) is 4.79 Å². The number of ether oxygens (including phenoxy) is 1. The lowest BCUT2D eigenvalue weighted by atomic mass is 10.0. The molecule has 1 aliphatic heterocycles. The molecule has 1 saturated heterocycles. The van der Waals surface area contributed by atoms with E-state index in [0.717, 1.165) is 59.4 Å². The van der Waals surface area contributed by atoms with Gasteiger partial charge in [0.15, 0.2) is 0 Å². The van der Waals surface area contributed by atoms with Crippen molar-refractivity contribution in [1.29, 1.82) is 0 Å². The first-order chi connectivity index (χ1) is 18.6. The van der Waals surface area contributed by atoms with Crippen LogP contribution < -0.4 is 15.4 Å². The molecule has 194 valence electrons. The molecule has 0 radical (unpaired) electrons. The molecule has 0 bridgehead atoms. The maximum Gasteiger partial charge on any atom is 0.247 e. The topological polar surface area (TPSA) is 79.4 Å². The van der Waals surface area contributed by atoms with Gasteiger partial charge in [-0.25, -0.2) is 14.4 Å². The monoisotopic (exact) mass is 511 g/mol. The number of halogens is 1. The van der Waals surface area contributed by atoms with Crippen molar-refractivity contribution in [3.63, 3.8) is 0 Å². The molecular formula is C30H30FN5O2. The highest BCUT2D eigenvalue weighted by Gasteiger charge is 2.20. The molecular weight excluding hydrogens is 481 g/mol. The molecule has 3 aromatic carbocycles. The second-order valence-corrected chi connectivity index (χ2v) is 9.21. The van der Waals surface area contributed by atoms with E-state index in [2.05, 4.69) is 27.1 Å². The second kappa shape index (κ2) is 11.8. The quantitative estimate of drug-likeness (QED) is 0.269. The summed E-state index contributed by atoms with van der Waals surface area (Å²) in [5.41, 5.74) is 4.20. The van der Waals surface area contributed by atoms with Crippen LogP contribution in [0.15, 0.2) is 85.6 Å². The Bertz CT molecular complexity index is 1420. The number of nitrogens with zero attached hydrogens (tertiary/aromatic N) is 3. The number of nitrogens with one attached hydrogen (secondary N) is 2. The zero-order valence-electron chi connectivity index (χ0n) is 21.1. The number of anilines is 3. The number of para-hydroxylation sites is 1. The first kappa shape index (κ1) is 25.4. The Hall–Kier alpha value is -4.30. The third-order valence-electron chi connectivity index (χ3n) is 6.59. The Kier molecular flexibility index (Phi) is 7.89. The molecule has 0 saturated carbocycles. The van der Waals surface area contributed by atoms with Gasteiger partial charge in [-0.2, -0.15) is 0 Å². The molecule has 2 heterocycles. The van der Waals surface area contributed by atoms with Gasteiger partial charge in [0.2, 0.25) is 11.9 Å². The zero-order chi connectivity index (χ0) is 26.3. The number of carbonyl (C=O) groups is 1. The molecule has 7 nitrogen and oxygen atoms in total. The number of aromatic nitrogens is 2. The zero-order valence-corrected chi connectivity index (χ0v) is 21.1. The van der Waals surface area contributed by atoms with Gasteiger partial charge < -0.3 is 20.3 Å². The van der Waals surface area contributed by atoms with E-state index in [1.54, 1.807) is 6.20 Å². The Morgan fingerprint density at radius 3 is 2.63 bits per heavy atom. The maximum absolute atomic E-state index is 12.6. The lowest BCUT2D eigenvalue weighted by Crippen LogP contribution is -2.39. The van der Waals surface area contributed by atoms with Gasteiger partial charge in [0, 0.05) is 48.2 Å². The smallest absolute Gasteiger partial charge is 0.247 e. The second-order valence-electron chi connectivity index (χ2n) is 9.21. The molecule has 5 rings (SSSR count). The van der Waals surface area contributed by atoms with E-state index in [0.29, 0.717) is 18.2 Å². The van der Waals surface area contributed by atoms with E-state index >= 15 is 0 Å². The summed E-state index contributed by atoms with van der Waals surface area (Å²) in [7, 11) is 0. The van der Waals surface area contributed by atoms with Crippen molar-refractivity contribution in [3.8, 4) is 16.9 Å². The summed E-state index contributed by atoms with van der Waals surface area (Å²) in [5, 5.41) is 7.00. The predicted molar refractivity (Wildman–Crippen MR) is 150 cm³/mol. The molecule has 1 aliphatic rings. The largest absolute Gasteiger partial charge is 0.490 e. The minimum atomic E-state index is -0.300. The van der Waals surface area contributed by atoms with E-state index in [4.69, 9.17) is 9.72 Å². The summed E-state index contributed by atoms with van der Waals surface area (Å²) in [6.45, 7) is 5.44. The van der Waals surface area contributed by atoms with Crippen LogP contribution in [0.2, 0.25) is 0 Å². The highest BCUT2D eigenvalue weighted by atomic mass is 19.1. The predicted octanol–water partition coefficient (Wildman–Crippen LogP) is 5.98. The van der Waals surface area contributed by atoms with Gasteiger partial charge in [0.25, 0.3) is 0 Å². The van der Waals surface area contributed by atoms with Crippen molar-refractivity contribution in [3.05, 3.63) is 85.6 Å². The number of alkyl halides is 1. The van der Waals surface area contributed by atoms with E-state index in [1.807, 2.05) is 66.7 Å². The van der Waals surface area contributed by atoms with Gasteiger partial charge in [-0.15, -0.1) is 0 Å². The first-order valence-corrected chi connectivity index (χ1v) is 12.7. The van der Waals surface area contributed by atoms with Crippen LogP contribution in [0.25, 0.3) is 22.0 Å². The highest BCUT2D eigenvalue weighted by molar-refractivity contribution is 6.00. The minimum absolute atomic E-state index is 0.149. The molecule has 2 N–H and O–H groups in total. The van der Waals surface area contributed by atoms with Crippen molar-refractivity contribution < 1.29 is 13.9 Å². The fourth-order valence-corrected chi connectivity index (χ4v) is 4.62. The van der Waals surface area contributed by atoms with E-state index in [1.165, 1.54) is 6.08 Å². The summed E-state index contributed by atoms with van der Waals surface area (Å²) in [6, 6.07) is 21.3. The normalized spacial score (nSPS) is 14.2. The van der Waals surface area contributed by atoms with Crippen LogP contribution >= 0.6 is 0 Å². The van der Waals surface area contributed by atoms with Gasteiger partial charge in [0.05, 0.1) is 5.52 Å². The van der Waals surface area contributed by atoms with Crippen molar-refractivity contribution in [2.45, 2.75) is 18.9 Å². The van der Waals surface area contributed by atoms with Gasteiger partial charge >= 0.3 is 0 Å². The van der Waals surface area contributed by atoms with Gasteiger partial charge in [-0.1, -0.05) is 36.9 Å². The third-order valence-corrected chi connectivity index (χ3v) is 6.59. The van der Waals surface area contributed by atoms with Crippen LogP contribution in [-0.4, -0.2) is 53.2 Å². The number of piperidine rings is 1. The number of likely N-dealkylation sites (tertiary alicyclic amines) is 1. The molecule has 0 aliphatic carbocycles. The molecule has 4 aromatic rings. The molecule has 38 heavy (non-hydrogen) atoms. The van der Waals surface area contributed by atoms with Crippen LogP contribution in [0.1, 0.15) is 12.8 Å². The van der Waals surface area contributed by atoms with E-state index < -0.39 is 0 Å². The molecule has 8 heteroatoms. The minimum Gasteiger partial charge on any atom is -0.490 e. The Morgan fingerprint density at radius 1 is 1.08 bits per heavy atom. The van der Waals surface area contributed by atoms with Gasteiger partial charge in [0.1, 0.15) is 18.5 Å². The average Bonchev–Trinajstić information content (AvgIpc) is 2.95. The van der Waals surface area contributed by atoms with Crippen LogP contribution in [0.5, 0.6) is 5.75 Å². The fraction of sp³-hybridized carbons (Fsp3) is 0.233. The summed E-state index contributed by atoms with van der Waals surface area (Å²) in [4.78, 5) is 23.2. The number of benzene rings is 3. The molecule has 1 fully saturated rings. The van der Waals surface area contributed by atoms with Crippen molar-refractivity contribution in [1.82, 2.24) is 14.9 Å². The molecule has 0 unspecified atom stereocenters. The van der Waals surface area contributed by atoms with Crippen molar-refractivity contribution in [2.75, 3.05) is 36.9 Å². The Morgan fingerprint density at radius 2 is 1.87 bits per heavy atom. The summed E-state index contributed by atoms with van der Waals surface area (Å²) in [5.74, 6) is 1.03. The van der Waals surface area contributed by atoms with Crippen LogP contribution in [0.3, 0.4) is 0 Å². The number of hydrogen-bond donors (Lipinski definition) is 2. The lowest BCUT2D eigenvalue weighted by Gasteiger charge is -2.31. The van der Waals surface area contributed by atoms with Gasteiger partial charge in [-0.05, 0) is 60.9 Å². The average molecular weight is 512 g/mol. The van der Waals surface area contributed by atoms with Crippen LogP contribution in [0.4, 0.5) is 21.7 Å². The Balaban J connectivity index is 1.29. The number of rotatable bonds is 9. The van der Waals surface area contributed by atoms with Crippen molar-refractivity contribution in [2.24, 2.45) is 0 Å². The van der Waals surface area contributed by atoms with E-state index in [9.17, 15) is 9.18 Å². The highest BCUT2D eigenvalue weighted by Crippen LogP contribution is 2.30. The lowest BCUT2D eigenvalue weighted by molar-refractivity contribution is -0.111. The SMILES string of the molecule is C=CC(=O)Nc1cccc(-c2cccc3cnc(Nc4ccc(OC5CCN(CCF)CC5)cc4)nc23)c1. The number of carbonyl (C=O) groups excluding carboxylic acids is 1. The number of hydrogen-bond acceptors (Lipinski definition) is 6. The first-order valence-electron chi connectivity index (χ1n) is 12.7. The summed E-state index contributed by atoms with van der Waals surface area (Å²) < 4.78 is 18.7. The van der Waals surface area contributed by atoms with Crippen molar-refractivity contribution >= 4 is 34.1 Å². The van der Waals surface area contributed by atoms with Crippen LogP contribution in [0, 0.1) is 0 Å². The summed E-state index contributed by atoms with van der Waals surface area (Å²) >= 11 is 0. The molecule has 1 amide bonds. The number of amides is 1. The van der Waals surface area contributed by atoms with Crippen LogP contribution in [-0.2, 0) is 4.79 Å². The number of fused-ring (bicyclic) bond motifs is 1. The Labute approximate surface area is 221 Å². The maximum atomic E-state index is 12.6. The van der Waals surface area contributed by atoms with E-state index in [-0.39, 0.29) is 18.7 Å². The molecule has 0 atom stereocenters. The molecule has 1 aromatic heterocycles. The standard InChI is InChI=1S/C30H30FN5O2/c1-2-28(37)33-24-7-3-5-21(19-24)27-8-4-6-22-20-32-30(35-29(22)27)34-23-9-11-25(12-10-23)38-26-13-16-36(17-14-26)18-15-31/h2-12,19-20,26H,1,13-18H2,(H,33,37)(H,32,34,35). The summed E-state index contributed by atoms with van der Waals surface area (Å²) in [6.07, 6.45) is 4.99. The fourth-order valence-electron chi connectivity index (χ4n) is 4.62. The molecule has 0 spiro atoms.